The molecule has 1 aromatic rings. The number of hydrogen-bond acceptors (Lipinski definition) is 5. The molecular formula is C12H17N3O2. The van der Waals surface area contributed by atoms with Gasteiger partial charge in [-0.25, -0.2) is 9.97 Å². The Morgan fingerprint density at radius 1 is 1.53 bits per heavy atom. The van der Waals surface area contributed by atoms with Gasteiger partial charge >= 0.3 is 0 Å². The van der Waals surface area contributed by atoms with Crippen molar-refractivity contribution in [2.75, 3.05) is 26.2 Å². The zero-order chi connectivity index (χ0) is 12.1. The maximum absolute atomic E-state index is 12.1. The molecule has 1 saturated heterocycles. The summed E-state index contributed by atoms with van der Waals surface area (Å²) in [5.41, 5.74) is 0.524. The molecule has 0 radical (unpaired) electrons. The van der Waals surface area contributed by atoms with Crippen LogP contribution in [-0.2, 0) is 4.74 Å². The molecule has 1 unspecified atom stereocenters. The largest absolute Gasteiger partial charge is 0.367 e. The summed E-state index contributed by atoms with van der Waals surface area (Å²) < 4.78 is 5.52. The highest BCUT2D eigenvalue weighted by atomic mass is 16.5. The highest BCUT2D eigenvalue weighted by Gasteiger charge is 2.27. The molecule has 0 N–H and O–H groups in total. The molecule has 1 atom stereocenters. The van der Waals surface area contributed by atoms with Crippen LogP contribution in [0.4, 0.5) is 0 Å². The van der Waals surface area contributed by atoms with Crippen molar-refractivity contribution in [3.8, 4) is 0 Å². The molecule has 0 saturated carbocycles. The monoisotopic (exact) mass is 235 g/mol. The van der Waals surface area contributed by atoms with Crippen LogP contribution < -0.4 is 0 Å². The fourth-order valence-electron chi connectivity index (χ4n) is 1.99. The van der Waals surface area contributed by atoms with Gasteiger partial charge in [-0.05, 0) is 13.0 Å². The first-order valence-corrected chi connectivity index (χ1v) is 5.94. The first kappa shape index (κ1) is 12.1. The average molecular weight is 235 g/mol. The van der Waals surface area contributed by atoms with Crippen molar-refractivity contribution in [3.63, 3.8) is 0 Å². The molecule has 5 nitrogen and oxygen atoms in total. The fraction of sp³-hybridized carbons (Fsp3) is 0.583. The Labute approximate surface area is 101 Å². The van der Waals surface area contributed by atoms with Crippen LogP contribution in [0, 0.1) is 0 Å². The van der Waals surface area contributed by atoms with Crippen molar-refractivity contribution in [1.82, 2.24) is 14.9 Å². The van der Waals surface area contributed by atoms with Crippen molar-refractivity contribution < 1.29 is 9.53 Å². The number of carbonyl (C=O) groups excluding carboxylic acids is 1. The maximum atomic E-state index is 12.1. The maximum Gasteiger partial charge on any atom is 0.195 e. The normalized spacial score (nSPS) is 21.4. The number of rotatable bonds is 4. The highest BCUT2D eigenvalue weighted by molar-refractivity contribution is 5.99. The van der Waals surface area contributed by atoms with E-state index < -0.39 is 0 Å². The number of ether oxygens (including phenoxy) is 1. The van der Waals surface area contributed by atoms with Gasteiger partial charge in [0.1, 0.15) is 12.4 Å². The standard InChI is InChI=1S/C12H17N3O2/c1-2-3-15-4-5-17-11(8-15)12(16)10-6-13-9-14-7-10/h6-7,9,11H,2-5,8H2,1H3. The van der Waals surface area contributed by atoms with Gasteiger partial charge in [0.25, 0.3) is 0 Å². The predicted molar refractivity (Wildman–Crippen MR) is 62.8 cm³/mol. The molecule has 0 spiro atoms. The molecule has 1 aliphatic heterocycles. The summed E-state index contributed by atoms with van der Waals surface area (Å²) in [7, 11) is 0. The molecule has 1 fully saturated rings. The lowest BCUT2D eigenvalue weighted by atomic mass is 10.1. The van der Waals surface area contributed by atoms with Crippen molar-refractivity contribution in [2.45, 2.75) is 19.4 Å². The third kappa shape index (κ3) is 3.08. The van der Waals surface area contributed by atoms with E-state index in [2.05, 4.69) is 21.8 Å². The van der Waals surface area contributed by atoms with E-state index in [1.54, 1.807) is 0 Å². The van der Waals surface area contributed by atoms with Crippen LogP contribution in [0.25, 0.3) is 0 Å². The predicted octanol–water partition coefficient (Wildman–Crippen LogP) is 0.770. The minimum atomic E-state index is -0.374. The number of carbonyl (C=O) groups is 1. The Morgan fingerprint density at radius 3 is 3.00 bits per heavy atom. The minimum Gasteiger partial charge on any atom is -0.367 e. The van der Waals surface area contributed by atoms with E-state index in [9.17, 15) is 4.79 Å². The minimum absolute atomic E-state index is 0.0218. The molecule has 2 rings (SSSR count). The molecule has 5 heteroatoms. The number of ketones is 1. The first-order valence-electron chi connectivity index (χ1n) is 5.94. The molecule has 92 valence electrons. The summed E-state index contributed by atoms with van der Waals surface area (Å²) in [6, 6.07) is 0. The first-order chi connectivity index (χ1) is 8.31. The van der Waals surface area contributed by atoms with Crippen molar-refractivity contribution in [1.29, 1.82) is 0 Å². The summed E-state index contributed by atoms with van der Waals surface area (Å²) in [6.07, 6.45) is 5.22. The lowest BCUT2D eigenvalue weighted by Gasteiger charge is -2.31. The zero-order valence-electron chi connectivity index (χ0n) is 10.0. The van der Waals surface area contributed by atoms with E-state index in [1.807, 2.05) is 0 Å². The SMILES string of the molecule is CCCN1CCOC(C(=O)c2cncnc2)C1. The van der Waals surface area contributed by atoms with Crippen LogP contribution in [0.2, 0.25) is 0 Å². The highest BCUT2D eigenvalue weighted by Crippen LogP contribution is 2.11. The number of Topliss-reactive ketones (excluding diaryl/α,β-unsaturated/α-hetero) is 1. The molecule has 0 amide bonds. The second kappa shape index (κ2) is 5.84. The Balaban J connectivity index is 2.00. The van der Waals surface area contributed by atoms with Crippen LogP contribution in [0.15, 0.2) is 18.7 Å². The quantitative estimate of drug-likeness (QED) is 0.721. The van der Waals surface area contributed by atoms with E-state index in [0.29, 0.717) is 18.7 Å². The molecular weight excluding hydrogens is 218 g/mol. The zero-order valence-corrected chi connectivity index (χ0v) is 10.0. The Kier molecular flexibility index (Phi) is 4.17. The Morgan fingerprint density at radius 2 is 2.29 bits per heavy atom. The van der Waals surface area contributed by atoms with E-state index >= 15 is 0 Å². The van der Waals surface area contributed by atoms with Crippen molar-refractivity contribution >= 4 is 5.78 Å². The second-order valence-electron chi connectivity index (χ2n) is 4.15. The molecule has 1 aliphatic rings. The summed E-state index contributed by atoms with van der Waals surface area (Å²) >= 11 is 0. The van der Waals surface area contributed by atoms with Gasteiger partial charge in [0, 0.05) is 25.5 Å². The number of aromatic nitrogens is 2. The van der Waals surface area contributed by atoms with Crippen molar-refractivity contribution in [2.24, 2.45) is 0 Å². The van der Waals surface area contributed by atoms with E-state index in [-0.39, 0.29) is 11.9 Å². The molecule has 2 heterocycles. The average Bonchev–Trinajstić information content (AvgIpc) is 2.40. The van der Waals surface area contributed by atoms with Gasteiger partial charge in [-0.15, -0.1) is 0 Å². The van der Waals surface area contributed by atoms with E-state index in [1.165, 1.54) is 18.7 Å². The summed E-state index contributed by atoms with van der Waals surface area (Å²) in [4.78, 5) is 22.1. The number of hydrogen-bond donors (Lipinski definition) is 0. The number of nitrogens with zero attached hydrogens (tertiary/aromatic N) is 3. The molecule has 0 aliphatic carbocycles. The van der Waals surface area contributed by atoms with Crippen molar-refractivity contribution in [3.05, 3.63) is 24.3 Å². The van der Waals surface area contributed by atoms with Gasteiger partial charge in [-0.1, -0.05) is 6.92 Å². The third-order valence-electron chi connectivity index (χ3n) is 2.83. The lowest BCUT2D eigenvalue weighted by molar-refractivity contribution is -0.0164. The summed E-state index contributed by atoms with van der Waals surface area (Å²) in [5, 5.41) is 0. The van der Waals surface area contributed by atoms with Gasteiger partial charge in [-0.3, -0.25) is 9.69 Å². The molecule has 0 aromatic carbocycles. The van der Waals surface area contributed by atoms with Gasteiger partial charge < -0.3 is 4.74 Å². The van der Waals surface area contributed by atoms with Gasteiger partial charge in [0.15, 0.2) is 5.78 Å². The summed E-state index contributed by atoms with van der Waals surface area (Å²) in [6.45, 7) is 5.34. The van der Waals surface area contributed by atoms with E-state index in [4.69, 9.17) is 4.74 Å². The van der Waals surface area contributed by atoms with Crippen LogP contribution in [0.3, 0.4) is 0 Å². The number of morpholine rings is 1. The Bertz CT molecular complexity index is 367. The third-order valence-corrected chi connectivity index (χ3v) is 2.83. The van der Waals surface area contributed by atoms with Gasteiger partial charge in [-0.2, -0.15) is 0 Å². The molecule has 17 heavy (non-hydrogen) atoms. The smallest absolute Gasteiger partial charge is 0.195 e. The van der Waals surface area contributed by atoms with E-state index in [0.717, 1.165) is 19.5 Å². The topological polar surface area (TPSA) is 55.3 Å². The van der Waals surface area contributed by atoms with Gasteiger partial charge in [0.05, 0.1) is 12.2 Å². The Hall–Kier alpha value is -1.33. The van der Waals surface area contributed by atoms with Crippen LogP contribution in [-0.4, -0.2) is 53.0 Å². The van der Waals surface area contributed by atoms with Crippen LogP contribution in [0.1, 0.15) is 23.7 Å². The van der Waals surface area contributed by atoms with Crippen LogP contribution in [0.5, 0.6) is 0 Å². The molecule has 1 aromatic heterocycles. The fourth-order valence-corrected chi connectivity index (χ4v) is 1.99. The lowest BCUT2D eigenvalue weighted by Crippen LogP contribution is -2.46. The molecule has 0 bridgehead atoms. The summed E-state index contributed by atoms with van der Waals surface area (Å²) in [5.74, 6) is -0.0218. The second-order valence-corrected chi connectivity index (χ2v) is 4.15. The van der Waals surface area contributed by atoms with Crippen LogP contribution >= 0.6 is 0 Å². The van der Waals surface area contributed by atoms with Gasteiger partial charge in [0.2, 0.25) is 0 Å².